The molecule has 0 aromatic heterocycles. The Bertz CT molecular complexity index is 989. The third-order valence-electron chi connectivity index (χ3n) is 4.84. The van der Waals surface area contributed by atoms with Gasteiger partial charge in [-0.1, -0.05) is 36.1 Å². The smallest absolute Gasteiger partial charge is 0.156 e. The van der Waals surface area contributed by atoms with Crippen LogP contribution in [-0.4, -0.2) is 31.6 Å². The van der Waals surface area contributed by atoms with Gasteiger partial charge in [0, 0.05) is 0 Å². The quantitative estimate of drug-likeness (QED) is 0.186. The topological polar surface area (TPSA) is 49.3 Å². The zero-order valence-corrected chi connectivity index (χ0v) is 20.8. The number of hydrogen-bond acceptors (Lipinski definition) is 5. The molecule has 0 fully saturated rings. The Morgan fingerprint density at radius 2 is 1.58 bits per heavy atom. The molecule has 33 heavy (non-hydrogen) atoms. The number of ether oxygens (including phenoxy) is 3. The van der Waals surface area contributed by atoms with E-state index in [1.807, 2.05) is 90.1 Å². The van der Waals surface area contributed by atoms with Crippen LogP contribution in [-0.2, 0) is 4.84 Å². The van der Waals surface area contributed by atoms with Gasteiger partial charge in [-0.2, -0.15) is 0 Å². The number of oxime groups is 1. The highest BCUT2D eigenvalue weighted by Gasteiger charge is 2.10. The summed E-state index contributed by atoms with van der Waals surface area (Å²) in [5.74, 6) is 8.70. The number of aryl methyl sites for hydroxylation is 2. The van der Waals surface area contributed by atoms with Gasteiger partial charge in [-0.25, -0.2) is 0 Å². The van der Waals surface area contributed by atoms with Gasteiger partial charge < -0.3 is 19.0 Å². The summed E-state index contributed by atoms with van der Waals surface area (Å²) in [6, 6.07) is 11.8. The van der Waals surface area contributed by atoms with Crippen molar-refractivity contribution in [3.8, 4) is 29.1 Å². The van der Waals surface area contributed by atoms with Crippen molar-refractivity contribution in [2.24, 2.45) is 5.16 Å². The maximum atomic E-state index is 6.11. The average molecular weight is 450 g/mol. The van der Waals surface area contributed by atoms with Crippen LogP contribution < -0.4 is 14.2 Å². The van der Waals surface area contributed by atoms with Gasteiger partial charge in [0.05, 0.1) is 5.71 Å². The highest BCUT2D eigenvalue weighted by atomic mass is 16.6. The Morgan fingerprint density at radius 1 is 0.970 bits per heavy atom. The molecule has 0 aliphatic heterocycles. The molecule has 0 saturated carbocycles. The van der Waals surface area contributed by atoms with Crippen molar-refractivity contribution in [2.75, 3.05) is 13.7 Å². The lowest BCUT2D eigenvalue weighted by atomic mass is 10.1. The molecular weight excluding hydrogens is 414 g/mol. The van der Waals surface area contributed by atoms with E-state index in [-0.39, 0.29) is 12.2 Å². The summed E-state index contributed by atoms with van der Waals surface area (Å²) in [4.78, 5) is 4.90. The van der Waals surface area contributed by atoms with Gasteiger partial charge in [0.25, 0.3) is 0 Å². The van der Waals surface area contributed by atoms with Crippen LogP contribution in [0.1, 0.15) is 50.8 Å². The van der Waals surface area contributed by atoms with Crippen LogP contribution in [0, 0.1) is 25.7 Å². The van der Waals surface area contributed by atoms with Crippen molar-refractivity contribution in [2.45, 2.75) is 60.2 Å². The molecule has 2 aromatic rings. The third kappa shape index (κ3) is 8.23. The molecule has 0 amide bonds. The largest absolute Gasteiger partial charge is 0.490 e. The molecule has 0 aliphatic rings. The standard InChI is InChI=1S/C28H35NO4/c1-8-10-17-31-26-18-20(3)28(21(4)19-26)33-23(6)12-11-22(5)32-25-15-13-24(14-16-25)27(9-2)29-30-7/h8,10,13-16,18-19,22-23H,9,17H2,1-7H3/b10-8+,29-27+. The van der Waals surface area contributed by atoms with Crippen LogP contribution >= 0.6 is 0 Å². The van der Waals surface area contributed by atoms with E-state index < -0.39 is 0 Å². The van der Waals surface area contributed by atoms with E-state index in [1.54, 1.807) is 7.11 Å². The normalized spacial score (nSPS) is 13.1. The van der Waals surface area contributed by atoms with Crippen LogP contribution in [0.5, 0.6) is 17.2 Å². The van der Waals surface area contributed by atoms with Crippen LogP contribution in [0.15, 0.2) is 53.7 Å². The van der Waals surface area contributed by atoms with E-state index in [4.69, 9.17) is 19.0 Å². The Labute approximate surface area is 198 Å². The van der Waals surface area contributed by atoms with Crippen molar-refractivity contribution in [1.82, 2.24) is 0 Å². The second-order valence-corrected chi connectivity index (χ2v) is 7.67. The van der Waals surface area contributed by atoms with Crippen LogP contribution in [0.3, 0.4) is 0 Å². The van der Waals surface area contributed by atoms with Crippen LogP contribution in [0.2, 0.25) is 0 Å². The first kappa shape index (κ1) is 25.9. The highest BCUT2D eigenvalue weighted by Crippen LogP contribution is 2.29. The molecule has 0 aliphatic carbocycles. The van der Waals surface area contributed by atoms with Gasteiger partial charge in [-0.05, 0) is 94.1 Å². The minimum atomic E-state index is -0.275. The average Bonchev–Trinajstić information content (AvgIpc) is 2.79. The lowest BCUT2D eigenvalue weighted by Gasteiger charge is -2.16. The number of rotatable bonds is 10. The first-order valence-electron chi connectivity index (χ1n) is 11.3. The molecule has 176 valence electrons. The summed E-state index contributed by atoms with van der Waals surface area (Å²) in [5, 5.41) is 4.05. The van der Waals surface area contributed by atoms with Crippen molar-refractivity contribution < 1.29 is 19.0 Å². The van der Waals surface area contributed by atoms with Gasteiger partial charge in [-0.3, -0.25) is 0 Å². The second kappa shape index (κ2) is 13.2. The van der Waals surface area contributed by atoms with E-state index in [0.29, 0.717) is 6.61 Å². The van der Waals surface area contributed by atoms with Crippen molar-refractivity contribution in [3.05, 3.63) is 65.2 Å². The minimum Gasteiger partial charge on any atom is -0.490 e. The molecule has 2 atom stereocenters. The molecule has 0 spiro atoms. The molecule has 0 radical (unpaired) electrons. The van der Waals surface area contributed by atoms with Crippen LogP contribution in [0.25, 0.3) is 0 Å². The summed E-state index contributed by atoms with van der Waals surface area (Å²) in [6.45, 7) is 12.5. The van der Waals surface area contributed by atoms with E-state index in [1.165, 1.54) is 0 Å². The lowest BCUT2D eigenvalue weighted by molar-refractivity contribution is 0.213. The maximum Gasteiger partial charge on any atom is 0.156 e. The van der Waals surface area contributed by atoms with Gasteiger partial charge in [0.1, 0.15) is 31.0 Å². The van der Waals surface area contributed by atoms with Gasteiger partial charge in [0.2, 0.25) is 0 Å². The molecule has 0 heterocycles. The Hall–Kier alpha value is -3.39. The molecule has 0 N–H and O–H groups in total. The fourth-order valence-corrected chi connectivity index (χ4v) is 3.25. The highest BCUT2D eigenvalue weighted by molar-refractivity contribution is 6.00. The van der Waals surface area contributed by atoms with E-state index in [2.05, 4.69) is 17.0 Å². The van der Waals surface area contributed by atoms with E-state index in [9.17, 15) is 0 Å². The zero-order valence-electron chi connectivity index (χ0n) is 20.8. The Morgan fingerprint density at radius 3 is 2.12 bits per heavy atom. The monoisotopic (exact) mass is 449 g/mol. The predicted octanol–water partition coefficient (Wildman–Crippen LogP) is 6.26. The summed E-state index contributed by atoms with van der Waals surface area (Å²) in [5.41, 5.74) is 3.95. The molecule has 0 saturated heterocycles. The van der Waals surface area contributed by atoms with Gasteiger partial charge >= 0.3 is 0 Å². The molecule has 0 bridgehead atoms. The number of nitrogens with zero attached hydrogens (tertiary/aromatic N) is 1. The van der Waals surface area contributed by atoms with Gasteiger partial charge in [0.15, 0.2) is 12.2 Å². The second-order valence-electron chi connectivity index (χ2n) is 7.67. The summed E-state index contributed by atoms with van der Waals surface area (Å²) in [7, 11) is 1.55. The van der Waals surface area contributed by atoms with E-state index >= 15 is 0 Å². The fraction of sp³-hybridized carbons (Fsp3) is 0.393. The molecule has 2 aromatic carbocycles. The number of hydrogen-bond donors (Lipinski definition) is 0. The molecule has 5 nitrogen and oxygen atoms in total. The summed E-state index contributed by atoms with van der Waals surface area (Å²) in [6.07, 6.45) is 4.19. The molecular formula is C28H35NO4. The molecule has 2 unspecified atom stereocenters. The lowest BCUT2D eigenvalue weighted by Crippen LogP contribution is -2.14. The minimum absolute atomic E-state index is 0.273. The Kier molecular flexibility index (Phi) is 10.4. The van der Waals surface area contributed by atoms with Crippen molar-refractivity contribution in [1.29, 1.82) is 0 Å². The Balaban J connectivity index is 1.97. The van der Waals surface area contributed by atoms with Gasteiger partial charge in [-0.15, -0.1) is 0 Å². The maximum absolute atomic E-state index is 6.11. The number of allylic oxidation sites excluding steroid dienone is 1. The fourth-order valence-electron chi connectivity index (χ4n) is 3.25. The third-order valence-corrected chi connectivity index (χ3v) is 4.84. The van der Waals surface area contributed by atoms with Crippen LogP contribution in [0.4, 0.5) is 0 Å². The number of benzene rings is 2. The first-order valence-corrected chi connectivity index (χ1v) is 11.3. The molecule has 2 rings (SSSR count). The first-order chi connectivity index (χ1) is 15.9. The molecule has 5 heteroatoms. The predicted molar refractivity (Wildman–Crippen MR) is 134 cm³/mol. The summed E-state index contributed by atoms with van der Waals surface area (Å²) < 4.78 is 17.8. The summed E-state index contributed by atoms with van der Waals surface area (Å²) >= 11 is 0. The van der Waals surface area contributed by atoms with Crippen molar-refractivity contribution >= 4 is 5.71 Å². The zero-order chi connectivity index (χ0) is 24.2. The van der Waals surface area contributed by atoms with Crippen molar-refractivity contribution in [3.63, 3.8) is 0 Å². The SMILES string of the molecule is C/C=C/COc1cc(C)c(OC(C)C#CC(C)Oc2ccc(/C(CC)=N/OC)cc2)c(C)c1. The van der Waals surface area contributed by atoms with E-state index in [0.717, 1.165) is 46.1 Å².